The fraction of sp³-hybridized carbons (Fsp3) is 0.867. The van der Waals surface area contributed by atoms with Gasteiger partial charge in [-0.15, -0.1) is 0 Å². The van der Waals surface area contributed by atoms with E-state index in [1.54, 1.807) is 0 Å². The van der Waals surface area contributed by atoms with Crippen LogP contribution in [0.5, 0.6) is 0 Å². The van der Waals surface area contributed by atoms with Gasteiger partial charge >= 0.3 is 0 Å². The highest BCUT2D eigenvalue weighted by atomic mass is 32.1. The largest absolute Gasteiger partial charge is 0.392 e. The molecule has 0 aromatic rings. The van der Waals surface area contributed by atoms with Crippen molar-refractivity contribution in [1.29, 1.82) is 0 Å². The lowest BCUT2D eigenvalue weighted by Crippen LogP contribution is -2.49. The number of carbonyl (C=O) groups is 1. The number of rotatable bonds is 3. The predicted molar refractivity (Wildman–Crippen MR) is 81.9 cm³/mol. The number of carbonyl (C=O) groups excluding carboxylic acids is 1. The van der Waals surface area contributed by atoms with E-state index in [1.165, 1.54) is 12.8 Å². The molecule has 0 bridgehead atoms. The molecule has 4 heteroatoms. The first kappa shape index (κ1) is 14.8. The first-order chi connectivity index (χ1) is 9.10. The quantitative estimate of drug-likeness (QED) is 0.639. The molecule has 0 aromatic heterocycles. The summed E-state index contributed by atoms with van der Waals surface area (Å²) in [6.45, 7) is 4.00. The topological polar surface area (TPSA) is 46.3 Å². The van der Waals surface area contributed by atoms with Gasteiger partial charge in [0, 0.05) is 13.1 Å². The molecule has 0 aromatic carbocycles. The van der Waals surface area contributed by atoms with Crippen molar-refractivity contribution in [3.05, 3.63) is 0 Å². The Kier molecular flexibility index (Phi) is 4.82. The van der Waals surface area contributed by atoms with E-state index >= 15 is 0 Å². The van der Waals surface area contributed by atoms with Crippen molar-refractivity contribution >= 4 is 23.1 Å². The Labute approximate surface area is 121 Å². The first-order valence-corrected chi connectivity index (χ1v) is 8.10. The second-order valence-electron chi connectivity index (χ2n) is 6.17. The van der Waals surface area contributed by atoms with E-state index in [1.807, 2.05) is 4.90 Å². The van der Waals surface area contributed by atoms with Crippen LogP contribution in [0.2, 0.25) is 0 Å². The monoisotopic (exact) mass is 282 g/mol. The molecular weight excluding hydrogens is 256 g/mol. The van der Waals surface area contributed by atoms with E-state index in [0.717, 1.165) is 51.6 Å². The lowest BCUT2D eigenvalue weighted by Gasteiger charge is -2.34. The molecule has 1 atom stereocenters. The van der Waals surface area contributed by atoms with Crippen LogP contribution >= 0.6 is 12.2 Å². The van der Waals surface area contributed by atoms with E-state index in [0.29, 0.717) is 10.9 Å². The van der Waals surface area contributed by atoms with Crippen LogP contribution in [0.15, 0.2) is 0 Å². The second-order valence-corrected chi connectivity index (χ2v) is 6.61. The third-order valence-electron chi connectivity index (χ3n) is 4.99. The summed E-state index contributed by atoms with van der Waals surface area (Å²) in [5, 5.41) is 0. The zero-order valence-electron chi connectivity index (χ0n) is 12.0. The smallest absolute Gasteiger partial charge is 0.235 e. The Morgan fingerprint density at radius 2 is 1.95 bits per heavy atom. The molecule has 0 spiro atoms. The molecular formula is C15H26N2OS. The van der Waals surface area contributed by atoms with Gasteiger partial charge in [-0.2, -0.15) is 0 Å². The minimum atomic E-state index is -0.533. The van der Waals surface area contributed by atoms with Crippen LogP contribution < -0.4 is 5.73 Å². The SMILES string of the molecule is CCC1CCN(C(=O)C2(C(N)=S)CCCCCC2)C1. The Morgan fingerprint density at radius 1 is 1.32 bits per heavy atom. The Hall–Kier alpha value is -0.640. The van der Waals surface area contributed by atoms with Crippen molar-refractivity contribution in [3.8, 4) is 0 Å². The molecule has 108 valence electrons. The molecule has 1 saturated carbocycles. The summed E-state index contributed by atoms with van der Waals surface area (Å²) < 4.78 is 0. The van der Waals surface area contributed by atoms with Crippen LogP contribution in [0, 0.1) is 11.3 Å². The highest BCUT2D eigenvalue weighted by Gasteiger charge is 2.45. The van der Waals surface area contributed by atoms with Crippen LogP contribution in [0.1, 0.15) is 58.3 Å². The minimum Gasteiger partial charge on any atom is -0.392 e. The van der Waals surface area contributed by atoms with Gasteiger partial charge in [-0.3, -0.25) is 4.79 Å². The maximum Gasteiger partial charge on any atom is 0.235 e. The van der Waals surface area contributed by atoms with Crippen molar-refractivity contribution in [2.45, 2.75) is 58.3 Å². The molecule has 1 unspecified atom stereocenters. The highest BCUT2D eigenvalue weighted by Crippen LogP contribution is 2.38. The van der Waals surface area contributed by atoms with Gasteiger partial charge in [0.15, 0.2) is 0 Å². The lowest BCUT2D eigenvalue weighted by molar-refractivity contribution is -0.138. The molecule has 1 aliphatic heterocycles. The van der Waals surface area contributed by atoms with Gasteiger partial charge in [0.05, 0.1) is 10.4 Å². The summed E-state index contributed by atoms with van der Waals surface area (Å²) in [6, 6.07) is 0. The predicted octanol–water partition coefficient (Wildman–Crippen LogP) is 2.87. The van der Waals surface area contributed by atoms with Crippen LogP contribution in [-0.2, 0) is 4.79 Å². The molecule has 19 heavy (non-hydrogen) atoms. The fourth-order valence-corrected chi connectivity index (χ4v) is 3.84. The van der Waals surface area contributed by atoms with Crippen molar-refractivity contribution in [1.82, 2.24) is 4.90 Å². The standard InChI is InChI=1S/C15H26N2OS/c1-2-12-7-10-17(11-12)14(18)15(13(16)19)8-5-3-4-6-9-15/h12H,2-11H2,1H3,(H2,16,19). The zero-order valence-corrected chi connectivity index (χ0v) is 12.8. The number of likely N-dealkylation sites (tertiary alicyclic amines) is 1. The molecule has 2 N–H and O–H groups in total. The molecule has 1 heterocycles. The molecule has 2 aliphatic rings. The van der Waals surface area contributed by atoms with E-state index < -0.39 is 5.41 Å². The summed E-state index contributed by atoms with van der Waals surface area (Å²) in [7, 11) is 0. The lowest BCUT2D eigenvalue weighted by atomic mass is 9.79. The molecule has 1 amide bonds. The van der Waals surface area contributed by atoms with Crippen LogP contribution in [0.4, 0.5) is 0 Å². The minimum absolute atomic E-state index is 0.220. The van der Waals surface area contributed by atoms with Gasteiger partial charge in [-0.25, -0.2) is 0 Å². The highest BCUT2D eigenvalue weighted by molar-refractivity contribution is 7.80. The molecule has 2 fully saturated rings. The average molecular weight is 282 g/mol. The Morgan fingerprint density at radius 3 is 2.42 bits per heavy atom. The van der Waals surface area contributed by atoms with Gasteiger partial charge in [0.2, 0.25) is 5.91 Å². The van der Waals surface area contributed by atoms with Crippen molar-refractivity contribution in [2.75, 3.05) is 13.1 Å². The van der Waals surface area contributed by atoms with Gasteiger partial charge < -0.3 is 10.6 Å². The maximum absolute atomic E-state index is 12.9. The van der Waals surface area contributed by atoms with Crippen LogP contribution in [0.3, 0.4) is 0 Å². The van der Waals surface area contributed by atoms with Crippen LogP contribution in [0.25, 0.3) is 0 Å². The third kappa shape index (κ3) is 2.93. The molecule has 1 saturated heterocycles. The number of thiocarbonyl (C=S) groups is 1. The van der Waals surface area contributed by atoms with Crippen LogP contribution in [-0.4, -0.2) is 28.9 Å². The van der Waals surface area contributed by atoms with Gasteiger partial charge in [-0.05, 0) is 25.2 Å². The Balaban J connectivity index is 2.14. The number of nitrogens with two attached hydrogens (primary N) is 1. The number of amides is 1. The second kappa shape index (κ2) is 6.21. The molecule has 3 nitrogen and oxygen atoms in total. The van der Waals surface area contributed by atoms with Crippen molar-refractivity contribution in [3.63, 3.8) is 0 Å². The summed E-state index contributed by atoms with van der Waals surface area (Å²) in [5.41, 5.74) is 5.46. The number of nitrogens with zero attached hydrogens (tertiary/aromatic N) is 1. The number of hydrogen-bond acceptors (Lipinski definition) is 2. The molecule has 2 rings (SSSR count). The zero-order chi connectivity index (χ0) is 13.9. The normalized spacial score (nSPS) is 27.0. The van der Waals surface area contributed by atoms with Crippen molar-refractivity contribution < 1.29 is 4.79 Å². The van der Waals surface area contributed by atoms with E-state index in [4.69, 9.17) is 18.0 Å². The van der Waals surface area contributed by atoms with Gasteiger partial charge in [0.25, 0.3) is 0 Å². The Bertz CT molecular complexity index is 348. The van der Waals surface area contributed by atoms with Crippen molar-refractivity contribution in [2.24, 2.45) is 17.1 Å². The summed E-state index contributed by atoms with van der Waals surface area (Å²) >= 11 is 5.29. The summed E-state index contributed by atoms with van der Waals surface area (Å²) in [6.07, 6.45) is 8.56. The van der Waals surface area contributed by atoms with Gasteiger partial charge in [0.1, 0.15) is 0 Å². The van der Waals surface area contributed by atoms with E-state index in [-0.39, 0.29) is 5.91 Å². The molecule has 1 aliphatic carbocycles. The third-order valence-corrected chi connectivity index (χ3v) is 5.38. The summed E-state index contributed by atoms with van der Waals surface area (Å²) in [4.78, 5) is 15.4. The van der Waals surface area contributed by atoms with E-state index in [9.17, 15) is 4.79 Å². The van der Waals surface area contributed by atoms with Gasteiger partial charge in [-0.1, -0.05) is 51.2 Å². The maximum atomic E-state index is 12.9. The fourth-order valence-electron chi connectivity index (χ4n) is 3.55. The molecule has 0 radical (unpaired) electrons. The first-order valence-electron chi connectivity index (χ1n) is 7.69. The number of hydrogen-bond donors (Lipinski definition) is 1. The van der Waals surface area contributed by atoms with E-state index in [2.05, 4.69) is 6.92 Å². The summed E-state index contributed by atoms with van der Waals surface area (Å²) in [5.74, 6) is 0.885. The average Bonchev–Trinajstić information content (AvgIpc) is 2.74.